The van der Waals surface area contributed by atoms with Crippen LogP contribution in [0.5, 0.6) is 0 Å². The second kappa shape index (κ2) is 6.31. The average molecular weight is 389 g/mol. The zero-order valence-corrected chi connectivity index (χ0v) is 18.8. The minimum Gasteiger partial charge on any atom is -0.381 e. The van der Waals surface area contributed by atoms with Crippen LogP contribution < -0.4 is 0 Å². The molecule has 5 rings (SSSR count). The molecule has 0 spiro atoms. The van der Waals surface area contributed by atoms with Gasteiger partial charge in [-0.15, -0.1) is 0 Å². The second-order valence-electron chi connectivity index (χ2n) is 11.4. The Bertz CT molecular complexity index is 669. The Morgan fingerprint density at radius 1 is 0.929 bits per heavy atom. The molecule has 0 N–H and O–H groups in total. The summed E-state index contributed by atoms with van der Waals surface area (Å²) < 4.78 is 19.2. The van der Waals surface area contributed by atoms with Crippen LogP contribution >= 0.6 is 0 Å². The summed E-state index contributed by atoms with van der Waals surface area (Å²) in [5.41, 5.74) is 2.45. The molecular weight excluding hydrogens is 348 g/mol. The lowest BCUT2D eigenvalue weighted by molar-refractivity contribution is -0.185. The summed E-state index contributed by atoms with van der Waals surface area (Å²) in [4.78, 5) is 0. The Kier molecular flexibility index (Phi) is 4.41. The van der Waals surface area contributed by atoms with E-state index in [0.29, 0.717) is 28.8 Å². The highest BCUT2D eigenvalue weighted by Crippen LogP contribution is 2.69. The zero-order valence-electron chi connectivity index (χ0n) is 18.8. The van der Waals surface area contributed by atoms with Crippen molar-refractivity contribution in [3.8, 4) is 0 Å². The molecule has 5 fully saturated rings. The molecule has 1 aliphatic heterocycles. The maximum absolute atomic E-state index is 6.72. The van der Waals surface area contributed by atoms with Crippen LogP contribution in [0.3, 0.4) is 0 Å². The molecule has 3 heteroatoms. The second-order valence-corrected chi connectivity index (χ2v) is 11.4. The third kappa shape index (κ3) is 2.51. The highest BCUT2D eigenvalue weighted by atomic mass is 16.8. The molecule has 0 bridgehead atoms. The van der Waals surface area contributed by atoms with E-state index in [1.54, 1.807) is 5.57 Å². The number of rotatable bonds is 1. The molecule has 1 saturated heterocycles. The topological polar surface area (TPSA) is 27.7 Å². The Morgan fingerprint density at radius 2 is 1.68 bits per heavy atom. The smallest absolute Gasteiger partial charge is 0.163 e. The molecule has 0 aromatic rings. The number of hydrogen-bond acceptors (Lipinski definition) is 3. The molecule has 9 atom stereocenters. The maximum atomic E-state index is 6.72. The molecule has 0 radical (unpaired) electrons. The van der Waals surface area contributed by atoms with Crippen LogP contribution in [0.25, 0.3) is 0 Å². The third-order valence-electron chi connectivity index (χ3n) is 10.0. The van der Waals surface area contributed by atoms with Crippen molar-refractivity contribution in [1.29, 1.82) is 0 Å². The van der Waals surface area contributed by atoms with Crippen LogP contribution in [0.15, 0.2) is 11.6 Å². The van der Waals surface area contributed by atoms with Crippen molar-refractivity contribution in [3.05, 3.63) is 11.6 Å². The lowest BCUT2D eigenvalue weighted by atomic mass is 9.43. The number of ether oxygens (including phenoxy) is 3. The van der Waals surface area contributed by atoms with E-state index in [-0.39, 0.29) is 12.2 Å². The molecule has 28 heavy (non-hydrogen) atoms. The van der Waals surface area contributed by atoms with E-state index < -0.39 is 5.79 Å². The Morgan fingerprint density at radius 3 is 2.39 bits per heavy atom. The molecule has 158 valence electrons. The highest BCUT2D eigenvalue weighted by molar-refractivity contribution is 5.25. The first kappa shape index (κ1) is 19.6. The molecule has 3 nitrogen and oxygen atoms in total. The van der Waals surface area contributed by atoms with E-state index in [9.17, 15) is 0 Å². The first-order chi connectivity index (χ1) is 13.2. The maximum Gasteiger partial charge on any atom is 0.163 e. The van der Waals surface area contributed by atoms with Gasteiger partial charge in [0, 0.05) is 7.11 Å². The molecule has 1 heterocycles. The van der Waals surface area contributed by atoms with Crippen molar-refractivity contribution in [2.45, 2.75) is 104 Å². The monoisotopic (exact) mass is 388 g/mol. The van der Waals surface area contributed by atoms with Crippen LogP contribution in [0.1, 0.15) is 79.6 Å². The number of methoxy groups -OCH3 is 1. The molecule has 4 aliphatic carbocycles. The van der Waals surface area contributed by atoms with Gasteiger partial charge in [0.25, 0.3) is 0 Å². The molecule has 4 saturated carbocycles. The molecule has 4 unspecified atom stereocenters. The lowest BCUT2D eigenvalue weighted by Gasteiger charge is -2.63. The number of allylic oxidation sites excluding steroid dienone is 2. The predicted molar refractivity (Wildman–Crippen MR) is 111 cm³/mol. The summed E-state index contributed by atoms with van der Waals surface area (Å²) in [6.07, 6.45) is 12.3. The minimum atomic E-state index is -0.457. The fourth-order valence-corrected chi connectivity index (χ4v) is 8.68. The number of fused-ring (bicyclic) bond motifs is 8. The Labute approximate surface area is 171 Å². The van der Waals surface area contributed by atoms with E-state index in [2.05, 4.69) is 40.7 Å². The summed E-state index contributed by atoms with van der Waals surface area (Å²) in [5.74, 6) is 2.26. The van der Waals surface area contributed by atoms with Gasteiger partial charge in [-0.2, -0.15) is 0 Å². The summed E-state index contributed by atoms with van der Waals surface area (Å²) in [5, 5.41) is 0. The van der Waals surface area contributed by atoms with Crippen LogP contribution in [0.4, 0.5) is 0 Å². The van der Waals surface area contributed by atoms with E-state index in [1.165, 1.54) is 38.5 Å². The van der Waals surface area contributed by atoms with Gasteiger partial charge in [0.15, 0.2) is 5.79 Å². The normalized spacial score (nSPS) is 56.1. The first-order valence-corrected chi connectivity index (χ1v) is 11.8. The molecule has 0 aromatic carbocycles. The fraction of sp³-hybridized carbons (Fsp3) is 0.920. The lowest BCUT2D eigenvalue weighted by Crippen LogP contribution is -2.63. The van der Waals surface area contributed by atoms with Gasteiger partial charge in [-0.05, 0) is 100 Å². The van der Waals surface area contributed by atoms with Gasteiger partial charge in [0.2, 0.25) is 0 Å². The third-order valence-corrected chi connectivity index (χ3v) is 10.0. The van der Waals surface area contributed by atoms with Crippen LogP contribution in [0.2, 0.25) is 0 Å². The fourth-order valence-electron chi connectivity index (χ4n) is 8.68. The van der Waals surface area contributed by atoms with Crippen molar-refractivity contribution in [2.24, 2.45) is 34.5 Å². The van der Waals surface area contributed by atoms with E-state index >= 15 is 0 Å². The van der Waals surface area contributed by atoms with Gasteiger partial charge in [-0.1, -0.05) is 25.5 Å². The highest BCUT2D eigenvalue weighted by Gasteiger charge is 2.67. The van der Waals surface area contributed by atoms with Gasteiger partial charge in [0.05, 0.1) is 18.3 Å². The zero-order chi connectivity index (χ0) is 19.9. The van der Waals surface area contributed by atoms with E-state index in [4.69, 9.17) is 14.2 Å². The molecular formula is C25H40O3. The van der Waals surface area contributed by atoms with Gasteiger partial charge in [-0.3, -0.25) is 0 Å². The van der Waals surface area contributed by atoms with Crippen molar-refractivity contribution < 1.29 is 14.2 Å². The Hall–Kier alpha value is -0.380. The van der Waals surface area contributed by atoms with Crippen LogP contribution in [-0.2, 0) is 14.2 Å². The van der Waals surface area contributed by atoms with Gasteiger partial charge >= 0.3 is 0 Å². The summed E-state index contributed by atoms with van der Waals surface area (Å²) in [6.45, 7) is 11.7. The Balaban J connectivity index is 1.57. The minimum absolute atomic E-state index is 0.233. The average Bonchev–Trinajstić information content (AvgIpc) is 3.16. The van der Waals surface area contributed by atoms with Gasteiger partial charge < -0.3 is 14.2 Å². The quantitative estimate of drug-likeness (QED) is 0.537. The molecule has 5 aliphatic rings. The van der Waals surface area contributed by atoms with Crippen molar-refractivity contribution in [3.63, 3.8) is 0 Å². The standard InChI is InChI=1S/C25H40O3/c1-7-15-8-9-17-20-18(11-13-24(15,17)4)25(5)12-10-16(26-6)14-19(25)21-22(20)28-23(2,3)27-21/h7,16-22H,8-14H2,1-6H3/t16-,17?,18?,19?,20?,21+,22+,24+,25+/m0/s1. The van der Waals surface area contributed by atoms with Gasteiger partial charge in [-0.25, -0.2) is 0 Å². The SMILES string of the molecule is CC=C1CCC2C3C(CC[C@]12C)[C@@]1(C)CC[C@H](OC)CC1[C@H]1OC(C)(C)O[C@H]31. The van der Waals surface area contributed by atoms with Crippen molar-refractivity contribution in [2.75, 3.05) is 7.11 Å². The van der Waals surface area contributed by atoms with E-state index in [0.717, 1.165) is 18.3 Å². The molecule has 0 aromatic heterocycles. The summed E-state index contributed by atoms with van der Waals surface area (Å²) >= 11 is 0. The molecule has 0 amide bonds. The van der Waals surface area contributed by atoms with Crippen LogP contribution in [0, 0.1) is 34.5 Å². The van der Waals surface area contributed by atoms with Crippen LogP contribution in [-0.4, -0.2) is 31.2 Å². The van der Waals surface area contributed by atoms with Gasteiger partial charge in [0.1, 0.15) is 0 Å². The largest absolute Gasteiger partial charge is 0.381 e. The van der Waals surface area contributed by atoms with Crippen molar-refractivity contribution in [1.82, 2.24) is 0 Å². The summed E-state index contributed by atoms with van der Waals surface area (Å²) in [7, 11) is 1.88. The first-order valence-electron chi connectivity index (χ1n) is 11.8. The summed E-state index contributed by atoms with van der Waals surface area (Å²) in [6, 6.07) is 0. The van der Waals surface area contributed by atoms with Crippen molar-refractivity contribution >= 4 is 0 Å². The predicted octanol–water partition coefficient (Wildman–Crippen LogP) is 5.73. The van der Waals surface area contributed by atoms with E-state index in [1.807, 2.05) is 7.11 Å². The number of hydrogen-bond donors (Lipinski definition) is 0.